The number of rotatable bonds is 4. The SMILES string of the molecule is [2H]C1([2H])N=c2n(CC(F)F)c3cc(=NC(=O)c4cc(F)cc(C(F)(F)F)c4)/c(=C(/O)c4ccc(F)cc4Cl)c(C#N)c-3n2C([2H])([2H])C1([2H])[2H]. The van der Waals surface area contributed by atoms with Gasteiger partial charge in [-0.25, -0.2) is 22.6 Å². The summed E-state index contributed by atoms with van der Waals surface area (Å²) in [4.78, 5) is 20.5. The smallest absolute Gasteiger partial charge is 0.416 e. The Bertz CT molecular complexity index is 2260. The van der Waals surface area contributed by atoms with Gasteiger partial charge in [-0.3, -0.25) is 9.79 Å². The van der Waals surface area contributed by atoms with Crippen molar-refractivity contribution in [2.75, 3.05) is 6.50 Å². The minimum Gasteiger partial charge on any atom is -0.507 e. The Morgan fingerprint density at radius 1 is 1.19 bits per heavy atom. The molecule has 0 bridgehead atoms. The van der Waals surface area contributed by atoms with Crippen LogP contribution in [0.5, 0.6) is 0 Å². The summed E-state index contributed by atoms with van der Waals surface area (Å²) in [6, 6.07) is 5.43. The van der Waals surface area contributed by atoms with Gasteiger partial charge in [-0.05, 0) is 48.8 Å². The number of carbonyl (C=O) groups is 1. The van der Waals surface area contributed by atoms with E-state index in [4.69, 9.17) is 19.8 Å². The third-order valence-electron chi connectivity index (χ3n) is 6.14. The molecule has 3 aliphatic rings. The van der Waals surface area contributed by atoms with Gasteiger partial charge >= 0.3 is 6.18 Å². The molecule has 2 aliphatic heterocycles. The van der Waals surface area contributed by atoms with Crippen LogP contribution in [0.4, 0.5) is 30.7 Å². The molecule has 0 unspecified atom stereocenters. The lowest BCUT2D eigenvalue weighted by Crippen LogP contribution is -2.34. The topological polar surface area (TPSA) is 95.7 Å². The summed E-state index contributed by atoms with van der Waals surface area (Å²) in [7, 11) is 0. The van der Waals surface area contributed by atoms with Crippen molar-refractivity contribution in [1.29, 1.82) is 5.26 Å². The molecule has 2 aromatic carbocycles. The molecular formula is C28H17ClF7N5O2. The molecule has 2 aromatic rings. The molecule has 1 aliphatic carbocycles. The van der Waals surface area contributed by atoms with Crippen molar-refractivity contribution < 1.29 is 48.9 Å². The third-order valence-corrected chi connectivity index (χ3v) is 6.46. The van der Waals surface area contributed by atoms with E-state index in [1.54, 1.807) is 6.07 Å². The van der Waals surface area contributed by atoms with Crippen LogP contribution in [0.3, 0.4) is 0 Å². The van der Waals surface area contributed by atoms with E-state index in [0.717, 1.165) is 18.2 Å². The number of amides is 1. The molecule has 0 saturated heterocycles. The lowest BCUT2D eigenvalue weighted by Gasteiger charge is -2.13. The Labute approximate surface area is 250 Å². The fourth-order valence-corrected chi connectivity index (χ4v) is 4.66. The van der Waals surface area contributed by atoms with Crippen molar-refractivity contribution in [3.8, 4) is 17.5 Å². The largest absolute Gasteiger partial charge is 0.507 e. The molecule has 0 aromatic heterocycles. The second kappa shape index (κ2) is 11.2. The monoisotopic (exact) mass is 629 g/mol. The summed E-state index contributed by atoms with van der Waals surface area (Å²) < 4.78 is 147. The summed E-state index contributed by atoms with van der Waals surface area (Å²) in [5.74, 6) is -5.09. The molecule has 222 valence electrons. The highest BCUT2D eigenvalue weighted by Gasteiger charge is 2.32. The fraction of sp³-hybridized carbons (Fsp3) is 0.214. The molecule has 7 nitrogen and oxygen atoms in total. The van der Waals surface area contributed by atoms with Gasteiger partial charge in [0.05, 0.1) is 47.4 Å². The first-order valence-corrected chi connectivity index (χ1v) is 12.1. The zero-order valence-electron chi connectivity index (χ0n) is 26.9. The van der Waals surface area contributed by atoms with E-state index in [9.17, 15) is 45.9 Å². The predicted molar refractivity (Wildman–Crippen MR) is 138 cm³/mol. The van der Waals surface area contributed by atoms with Crippen molar-refractivity contribution >= 4 is 23.3 Å². The van der Waals surface area contributed by atoms with Crippen molar-refractivity contribution in [2.45, 2.75) is 32.0 Å². The summed E-state index contributed by atoms with van der Waals surface area (Å²) in [6.45, 7) is -8.28. The minimum atomic E-state index is -5.12. The van der Waals surface area contributed by atoms with E-state index >= 15 is 0 Å². The van der Waals surface area contributed by atoms with Gasteiger partial charge in [0.15, 0.2) is 0 Å². The first-order chi connectivity index (χ1) is 22.5. The molecule has 15 heteroatoms. The maximum Gasteiger partial charge on any atom is 0.416 e. The quantitative estimate of drug-likeness (QED) is 0.323. The zero-order chi connectivity index (χ0) is 36.6. The van der Waals surface area contributed by atoms with Gasteiger partial charge < -0.3 is 14.2 Å². The van der Waals surface area contributed by atoms with Crippen LogP contribution in [0.15, 0.2) is 52.4 Å². The number of nitriles is 1. The van der Waals surface area contributed by atoms with Crippen molar-refractivity contribution in [3.63, 3.8) is 0 Å². The molecular weight excluding hydrogens is 607 g/mol. The molecule has 43 heavy (non-hydrogen) atoms. The van der Waals surface area contributed by atoms with Crippen LogP contribution in [-0.2, 0) is 19.2 Å². The number of benzene rings is 3. The van der Waals surface area contributed by atoms with Crippen molar-refractivity contribution in [2.24, 2.45) is 9.98 Å². The van der Waals surface area contributed by atoms with Crippen molar-refractivity contribution in [1.82, 2.24) is 9.13 Å². The number of hydrogen-bond acceptors (Lipinski definition) is 4. The molecule has 1 N–H and O–H groups in total. The molecule has 0 atom stereocenters. The number of fused-ring (bicyclic) bond motifs is 3. The van der Waals surface area contributed by atoms with E-state index in [1.807, 2.05) is 0 Å². The van der Waals surface area contributed by atoms with E-state index < -0.39 is 117 Å². The minimum absolute atomic E-state index is 0.0892. The molecule has 1 amide bonds. The number of imidazole rings is 1. The molecule has 0 fully saturated rings. The summed E-state index contributed by atoms with van der Waals surface area (Å²) in [5.41, 5.74) is -6.29. The summed E-state index contributed by atoms with van der Waals surface area (Å²) >= 11 is 6.10. The van der Waals surface area contributed by atoms with E-state index in [2.05, 4.69) is 9.98 Å². The zero-order valence-corrected chi connectivity index (χ0v) is 21.7. The average molecular weight is 630 g/mol. The van der Waals surface area contributed by atoms with Crippen LogP contribution in [0.25, 0.3) is 17.1 Å². The highest BCUT2D eigenvalue weighted by atomic mass is 35.5. The van der Waals surface area contributed by atoms with Gasteiger partial charge in [0.25, 0.3) is 12.3 Å². The Morgan fingerprint density at radius 2 is 1.93 bits per heavy atom. The first kappa shape index (κ1) is 22.9. The Kier molecular flexibility index (Phi) is 5.97. The van der Waals surface area contributed by atoms with Gasteiger partial charge in [-0.1, -0.05) is 11.6 Å². The maximum absolute atomic E-state index is 14.2. The van der Waals surface area contributed by atoms with Gasteiger partial charge in [0.2, 0.25) is 5.62 Å². The standard InChI is InChI=1S/C28H17ClF7N5O2/c29-19-9-15(30)2-3-17(19)25(42)23-18(11-37)24-21(41(12-22(32)33)27-38-4-1-5-40(24)27)10-20(23)39-26(43)13-6-14(28(34,35)36)8-16(31)7-13/h2-3,6-10,22,42H,1,4-5,12H2/b25-23+,39-20?/i1D2,4D2,5D2. The van der Waals surface area contributed by atoms with Gasteiger partial charge in [-0.15, -0.1) is 0 Å². The normalized spacial score (nSPS) is 20.0. The molecule has 2 heterocycles. The third kappa shape index (κ3) is 5.60. The lowest BCUT2D eigenvalue weighted by molar-refractivity contribution is -0.137. The van der Waals surface area contributed by atoms with Crippen molar-refractivity contribution in [3.05, 3.63) is 97.6 Å². The number of nitrogens with zero attached hydrogens (tertiary/aromatic N) is 5. The van der Waals surface area contributed by atoms with Crippen LogP contribution in [-0.4, -0.2) is 33.1 Å². The molecule has 0 spiro atoms. The predicted octanol–water partition coefficient (Wildman–Crippen LogP) is 4.96. The number of hydrogen-bond donors (Lipinski definition) is 1. The summed E-state index contributed by atoms with van der Waals surface area (Å²) in [5, 5.41) is 19.6. The van der Waals surface area contributed by atoms with E-state index in [1.165, 1.54) is 0 Å². The maximum atomic E-state index is 14.2. The molecule has 0 radical (unpaired) electrons. The molecule has 5 rings (SSSR count). The average Bonchev–Trinajstić information content (AvgIpc) is 3.26. The highest BCUT2D eigenvalue weighted by Crippen LogP contribution is 2.31. The van der Waals surface area contributed by atoms with E-state index in [0.29, 0.717) is 21.3 Å². The first-order valence-electron chi connectivity index (χ1n) is 14.8. The van der Waals surface area contributed by atoms with Crippen LogP contribution < -0.4 is 16.2 Å². The Hall–Kier alpha value is -4.64. The van der Waals surface area contributed by atoms with Crippen LogP contribution in [0.2, 0.25) is 5.02 Å². The number of alkyl halides is 5. The lowest BCUT2D eigenvalue weighted by atomic mass is 10.0. The fourth-order valence-electron chi connectivity index (χ4n) is 4.40. The highest BCUT2D eigenvalue weighted by molar-refractivity contribution is 6.32. The van der Waals surface area contributed by atoms with Crippen LogP contribution in [0.1, 0.15) is 41.6 Å². The Morgan fingerprint density at radius 3 is 2.58 bits per heavy atom. The summed E-state index contributed by atoms with van der Waals surface area (Å²) in [6.07, 6.45) is -11.9. The second-order valence-corrected chi connectivity index (χ2v) is 9.25. The Balaban J connectivity index is 2.05. The number of aromatic nitrogens is 2. The second-order valence-electron chi connectivity index (χ2n) is 8.84. The van der Waals surface area contributed by atoms with Gasteiger partial charge in [0.1, 0.15) is 23.5 Å². The number of halogens is 8. The van der Waals surface area contributed by atoms with Crippen LogP contribution in [0, 0.1) is 23.0 Å². The number of aliphatic hydroxyl groups excluding tert-OH is 1. The van der Waals surface area contributed by atoms with Crippen LogP contribution >= 0.6 is 11.6 Å². The van der Waals surface area contributed by atoms with E-state index in [-0.39, 0.29) is 12.1 Å². The number of aliphatic hydroxyl groups is 1. The number of carbonyl (C=O) groups excluding carboxylic acids is 1. The van der Waals surface area contributed by atoms with Gasteiger partial charge in [0, 0.05) is 29.6 Å². The van der Waals surface area contributed by atoms with Gasteiger partial charge in [-0.2, -0.15) is 18.4 Å². The molecule has 0 saturated carbocycles.